The van der Waals surface area contributed by atoms with Crippen LogP contribution in [0.15, 0.2) is 10.6 Å². The van der Waals surface area contributed by atoms with Gasteiger partial charge in [-0.25, -0.2) is 0 Å². The van der Waals surface area contributed by atoms with Crippen molar-refractivity contribution in [2.45, 2.75) is 13.8 Å². The first-order valence-corrected chi connectivity index (χ1v) is 3.51. The van der Waals surface area contributed by atoms with Crippen LogP contribution in [-0.2, 0) is 0 Å². The maximum Gasteiger partial charge on any atom is 0.124 e. The molecule has 0 aromatic carbocycles. The molecule has 0 saturated carbocycles. The Morgan fingerprint density at radius 3 is 2.44 bits per heavy atom. The highest BCUT2D eigenvalue weighted by Gasteiger charge is 2.02. The molecule has 0 bridgehead atoms. The summed E-state index contributed by atoms with van der Waals surface area (Å²) in [6.07, 6.45) is 0. The van der Waals surface area contributed by atoms with Crippen LogP contribution in [0.5, 0.6) is 0 Å². The van der Waals surface area contributed by atoms with Crippen molar-refractivity contribution < 1.29 is 0 Å². The van der Waals surface area contributed by atoms with Gasteiger partial charge in [0, 0.05) is 4.88 Å². The number of nitrogens with zero attached hydrogens (tertiary/aromatic N) is 1. The molecule has 3 heteroatoms. The molecule has 0 spiro atoms. The maximum atomic E-state index is 10.1. The van der Waals surface area contributed by atoms with Gasteiger partial charge in [0.25, 0.3) is 0 Å². The first-order chi connectivity index (χ1) is 4.25. The third kappa shape index (κ3) is 1.00. The Morgan fingerprint density at radius 2 is 2.22 bits per heavy atom. The van der Waals surface area contributed by atoms with Crippen LogP contribution in [0.3, 0.4) is 0 Å². The Kier molecular flexibility index (Phi) is 1.62. The van der Waals surface area contributed by atoms with Gasteiger partial charge in [0.15, 0.2) is 0 Å². The second-order valence-corrected chi connectivity index (χ2v) is 3.00. The highest BCUT2D eigenvalue weighted by atomic mass is 32.1. The van der Waals surface area contributed by atoms with Gasteiger partial charge in [0.05, 0.1) is 0 Å². The van der Waals surface area contributed by atoms with Crippen LogP contribution >= 0.6 is 11.3 Å². The lowest BCUT2D eigenvalue weighted by Crippen LogP contribution is -1.63. The summed E-state index contributed by atoms with van der Waals surface area (Å²) in [5, 5.41) is 4.83. The van der Waals surface area contributed by atoms with Gasteiger partial charge in [-0.05, 0) is 30.0 Å². The monoisotopic (exact) mass is 141 g/mol. The second-order valence-electron chi connectivity index (χ2n) is 1.91. The summed E-state index contributed by atoms with van der Waals surface area (Å²) in [6.45, 7) is 3.79. The van der Waals surface area contributed by atoms with E-state index in [0.29, 0.717) is 5.69 Å². The zero-order valence-electron chi connectivity index (χ0n) is 5.34. The average Bonchev–Trinajstić information content (AvgIpc) is 2.12. The minimum atomic E-state index is 0.611. The molecule has 0 saturated heterocycles. The van der Waals surface area contributed by atoms with Gasteiger partial charge in [-0.2, -0.15) is 0 Å². The molecule has 0 unspecified atom stereocenters. The van der Waals surface area contributed by atoms with Gasteiger partial charge in [0.2, 0.25) is 0 Å². The molecular weight excluding hydrogens is 134 g/mol. The largest absolute Gasteiger partial charge is 0.146 e. The molecule has 9 heavy (non-hydrogen) atoms. The molecule has 0 radical (unpaired) electrons. The second kappa shape index (κ2) is 2.27. The van der Waals surface area contributed by atoms with E-state index in [4.69, 9.17) is 0 Å². The lowest BCUT2D eigenvalue weighted by molar-refractivity contribution is 1.40. The van der Waals surface area contributed by atoms with Crippen LogP contribution in [0, 0.1) is 18.8 Å². The molecule has 0 aliphatic heterocycles. The normalized spacial score (nSPS) is 9.56. The summed E-state index contributed by atoms with van der Waals surface area (Å²) in [6, 6.07) is 0. The topological polar surface area (TPSA) is 29.4 Å². The molecule has 0 amide bonds. The van der Waals surface area contributed by atoms with E-state index < -0.39 is 0 Å². The van der Waals surface area contributed by atoms with Crippen molar-refractivity contribution in [3.8, 4) is 0 Å². The number of rotatable bonds is 1. The van der Waals surface area contributed by atoms with E-state index in [1.165, 1.54) is 0 Å². The van der Waals surface area contributed by atoms with Gasteiger partial charge in [-0.1, -0.05) is 0 Å². The fraction of sp³-hybridized carbons (Fsp3) is 0.333. The Balaban J connectivity index is 3.22. The van der Waals surface area contributed by atoms with E-state index >= 15 is 0 Å². The van der Waals surface area contributed by atoms with E-state index in [1.807, 2.05) is 19.2 Å². The van der Waals surface area contributed by atoms with E-state index in [9.17, 15) is 4.91 Å². The molecule has 1 aromatic rings. The van der Waals surface area contributed by atoms with Crippen LogP contribution in [0.1, 0.15) is 10.4 Å². The molecule has 0 atom stereocenters. The van der Waals surface area contributed by atoms with Crippen molar-refractivity contribution in [3.05, 3.63) is 20.7 Å². The highest BCUT2D eigenvalue weighted by molar-refractivity contribution is 7.10. The third-order valence-corrected chi connectivity index (χ3v) is 2.23. The molecule has 0 fully saturated rings. The molecule has 0 aliphatic carbocycles. The SMILES string of the molecule is Cc1csc(C)c1N=O. The third-order valence-electron chi connectivity index (χ3n) is 1.21. The molecule has 1 rings (SSSR count). The predicted molar refractivity (Wildman–Crippen MR) is 39.2 cm³/mol. The molecule has 2 nitrogen and oxygen atoms in total. The molecule has 1 heterocycles. The van der Waals surface area contributed by atoms with Crippen LogP contribution in [0.2, 0.25) is 0 Å². The van der Waals surface area contributed by atoms with Gasteiger partial charge in [-0.3, -0.25) is 0 Å². The van der Waals surface area contributed by atoms with Crippen LogP contribution < -0.4 is 0 Å². The zero-order chi connectivity index (χ0) is 6.85. The molecular formula is C6H7NOS. The molecule has 1 aromatic heterocycles. The average molecular weight is 141 g/mol. The van der Waals surface area contributed by atoms with Crippen molar-refractivity contribution >= 4 is 17.0 Å². The minimum absolute atomic E-state index is 0.611. The standard InChI is InChI=1S/C6H7NOS/c1-4-3-9-5(2)6(4)7-8/h3H,1-2H3. The van der Waals surface area contributed by atoms with E-state index in [-0.39, 0.29) is 0 Å². The van der Waals surface area contributed by atoms with E-state index in [1.54, 1.807) is 11.3 Å². The lowest BCUT2D eigenvalue weighted by Gasteiger charge is -1.83. The van der Waals surface area contributed by atoms with Crippen molar-refractivity contribution in [1.82, 2.24) is 0 Å². The number of hydrogen-bond acceptors (Lipinski definition) is 3. The Morgan fingerprint density at radius 1 is 1.56 bits per heavy atom. The highest BCUT2D eigenvalue weighted by Crippen LogP contribution is 2.28. The number of hydrogen-bond donors (Lipinski definition) is 0. The number of thiophene rings is 1. The fourth-order valence-corrected chi connectivity index (χ4v) is 1.48. The van der Waals surface area contributed by atoms with Gasteiger partial charge in [0.1, 0.15) is 5.69 Å². The summed E-state index contributed by atoms with van der Waals surface area (Å²) < 4.78 is 0. The van der Waals surface area contributed by atoms with Gasteiger partial charge >= 0.3 is 0 Å². The number of nitroso groups, excluding NO2 is 1. The first-order valence-electron chi connectivity index (χ1n) is 2.63. The summed E-state index contributed by atoms with van der Waals surface area (Å²) in [5.74, 6) is 0. The van der Waals surface area contributed by atoms with Crippen molar-refractivity contribution in [2.75, 3.05) is 0 Å². The van der Waals surface area contributed by atoms with Gasteiger partial charge < -0.3 is 0 Å². The summed E-state index contributed by atoms with van der Waals surface area (Å²) >= 11 is 1.56. The van der Waals surface area contributed by atoms with Crippen molar-refractivity contribution in [3.63, 3.8) is 0 Å². The summed E-state index contributed by atoms with van der Waals surface area (Å²) in [7, 11) is 0. The first kappa shape index (κ1) is 6.42. The Bertz CT molecular complexity index is 209. The van der Waals surface area contributed by atoms with Crippen molar-refractivity contribution in [2.24, 2.45) is 5.18 Å². The number of aryl methyl sites for hydroxylation is 2. The predicted octanol–water partition coefficient (Wildman–Crippen LogP) is 2.76. The van der Waals surface area contributed by atoms with E-state index in [0.717, 1.165) is 10.4 Å². The van der Waals surface area contributed by atoms with Crippen LogP contribution in [-0.4, -0.2) is 0 Å². The molecule has 0 N–H and O–H groups in total. The zero-order valence-corrected chi connectivity index (χ0v) is 6.16. The fourth-order valence-electron chi connectivity index (χ4n) is 0.702. The quantitative estimate of drug-likeness (QED) is 0.553. The minimum Gasteiger partial charge on any atom is -0.146 e. The van der Waals surface area contributed by atoms with Crippen LogP contribution in [0.25, 0.3) is 0 Å². The Labute approximate surface area is 57.5 Å². The smallest absolute Gasteiger partial charge is 0.124 e. The van der Waals surface area contributed by atoms with Crippen LogP contribution in [0.4, 0.5) is 5.69 Å². The maximum absolute atomic E-state index is 10.1. The van der Waals surface area contributed by atoms with Gasteiger partial charge in [-0.15, -0.1) is 16.2 Å². The molecule has 48 valence electrons. The lowest BCUT2D eigenvalue weighted by atomic mass is 10.3. The van der Waals surface area contributed by atoms with E-state index in [2.05, 4.69) is 5.18 Å². The van der Waals surface area contributed by atoms with Crippen molar-refractivity contribution in [1.29, 1.82) is 0 Å². The molecule has 0 aliphatic rings. The summed E-state index contributed by atoms with van der Waals surface area (Å²) in [5.41, 5.74) is 1.59. The summed E-state index contributed by atoms with van der Waals surface area (Å²) in [4.78, 5) is 11.1. The Hall–Kier alpha value is -0.700.